The van der Waals surface area contributed by atoms with Gasteiger partial charge in [-0.1, -0.05) is 23.4 Å². The number of ether oxygens (including phenoxy) is 1. The number of anilines is 1. The fraction of sp³-hybridized carbons (Fsp3) is 0.353. The van der Waals surface area contributed by atoms with E-state index in [9.17, 15) is 9.59 Å². The van der Waals surface area contributed by atoms with E-state index in [1.165, 1.54) is 0 Å². The van der Waals surface area contributed by atoms with Crippen molar-refractivity contribution < 1.29 is 18.8 Å². The molecule has 23 heavy (non-hydrogen) atoms. The van der Waals surface area contributed by atoms with Crippen molar-refractivity contribution in [2.75, 3.05) is 18.1 Å². The van der Waals surface area contributed by atoms with Gasteiger partial charge in [0.1, 0.15) is 11.3 Å². The summed E-state index contributed by atoms with van der Waals surface area (Å²) in [5.74, 6) is -0.416. The van der Waals surface area contributed by atoms with E-state index in [-0.39, 0.29) is 18.1 Å². The van der Waals surface area contributed by atoms with Gasteiger partial charge in [0, 0.05) is 12.2 Å². The van der Waals surface area contributed by atoms with Crippen LogP contribution in [0.1, 0.15) is 33.8 Å². The topological polar surface area (TPSA) is 72.6 Å². The van der Waals surface area contributed by atoms with Crippen molar-refractivity contribution in [3.8, 4) is 0 Å². The van der Waals surface area contributed by atoms with Gasteiger partial charge in [-0.3, -0.25) is 4.79 Å². The highest BCUT2D eigenvalue weighted by Gasteiger charge is 2.25. The maximum absolute atomic E-state index is 12.4. The number of hydrogen-bond donors (Lipinski definition) is 0. The zero-order chi connectivity index (χ0) is 16.4. The number of carbonyl (C=O) groups is 2. The third-order valence-corrected chi connectivity index (χ3v) is 3.98. The Hall–Kier alpha value is -2.63. The van der Waals surface area contributed by atoms with Gasteiger partial charge < -0.3 is 14.2 Å². The van der Waals surface area contributed by atoms with E-state index >= 15 is 0 Å². The van der Waals surface area contributed by atoms with Crippen molar-refractivity contribution in [3.05, 3.63) is 46.8 Å². The fourth-order valence-electron chi connectivity index (χ4n) is 2.84. The van der Waals surface area contributed by atoms with Crippen LogP contribution < -0.4 is 4.90 Å². The molecule has 6 nitrogen and oxygen atoms in total. The van der Waals surface area contributed by atoms with E-state index in [1.54, 1.807) is 18.7 Å². The lowest BCUT2D eigenvalue weighted by atomic mass is 10.0. The minimum Gasteiger partial charge on any atom is -0.452 e. The normalized spacial score (nSPS) is 13.6. The zero-order valence-electron chi connectivity index (χ0n) is 13.2. The van der Waals surface area contributed by atoms with Gasteiger partial charge in [0.05, 0.1) is 5.69 Å². The molecule has 6 heteroatoms. The molecule has 3 rings (SSSR count). The second-order valence-electron chi connectivity index (χ2n) is 5.55. The van der Waals surface area contributed by atoms with Crippen molar-refractivity contribution in [1.82, 2.24) is 5.16 Å². The molecule has 0 N–H and O–H groups in total. The molecule has 2 heterocycles. The second kappa shape index (κ2) is 6.24. The number of benzene rings is 1. The standard InChI is InChI=1S/C17H18N2O4/c1-11-16(12(2)23-18-11)17(21)22-10-15(20)19-9-5-7-13-6-3-4-8-14(13)19/h3-4,6,8H,5,7,9-10H2,1-2H3. The molecule has 1 aromatic carbocycles. The van der Waals surface area contributed by atoms with Crippen LogP contribution >= 0.6 is 0 Å². The third-order valence-electron chi connectivity index (χ3n) is 3.98. The first kappa shape index (κ1) is 15.3. The van der Waals surface area contributed by atoms with Gasteiger partial charge >= 0.3 is 5.97 Å². The van der Waals surface area contributed by atoms with Crippen LogP contribution in [0.2, 0.25) is 0 Å². The summed E-state index contributed by atoms with van der Waals surface area (Å²) in [6, 6.07) is 7.80. The number of rotatable bonds is 3. The molecule has 1 aromatic heterocycles. The molecule has 2 aromatic rings. The molecule has 0 fully saturated rings. The summed E-state index contributed by atoms with van der Waals surface area (Å²) in [7, 11) is 0. The number of aromatic nitrogens is 1. The number of para-hydroxylation sites is 1. The van der Waals surface area contributed by atoms with Crippen molar-refractivity contribution >= 4 is 17.6 Å². The molecule has 1 amide bonds. The van der Waals surface area contributed by atoms with Crippen LogP contribution in [0.4, 0.5) is 5.69 Å². The Morgan fingerprint density at radius 3 is 2.83 bits per heavy atom. The summed E-state index contributed by atoms with van der Waals surface area (Å²) >= 11 is 0. The Labute approximate surface area is 134 Å². The number of aryl methyl sites for hydroxylation is 3. The molecule has 0 aliphatic carbocycles. The number of hydrogen-bond acceptors (Lipinski definition) is 5. The molecule has 1 aliphatic heterocycles. The van der Waals surface area contributed by atoms with Crippen LogP contribution in [0, 0.1) is 13.8 Å². The van der Waals surface area contributed by atoms with Crippen LogP contribution in [0.25, 0.3) is 0 Å². The smallest absolute Gasteiger partial charge is 0.344 e. The maximum atomic E-state index is 12.4. The van der Waals surface area contributed by atoms with E-state index in [2.05, 4.69) is 5.16 Å². The Balaban J connectivity index is 1.68. The van der Waals surface area contributed by atoms with Gasteiger partial charge in [-0.05, 0) is 38.3 Å². The van der Waals surface area contributed by atoms with E-state index < -0.39 is 5.97 Å². The summed E-state index contributed by atoms with van der Waals surface area (Å²) in [6.07, 6.45) is 1.86. The molecule has 0 unspecified atom stereocenters. The van der Waals surface area contributed by atoms with Crippen LogP contribution in [0.3, 0.4) is 0 Å². The lowest BCUT2D eigenvalue weighted by Gasteiger charge is -2.29. The average molecular weight is 314 g/mol. The predicted octanol–water partition coefficient (Wildman–Crippen LogP) is 2.43. The predicted molar refractivity (Wildman–Crippen MR) is 83.4 cm³/mol. The summed E-state index contributed by atoms with van der Waals surface area (Å²) < 4.78 is 10.1. The molecule has 1 aliphatic rings. The maximum Gasteiger partial charge on any atom is 0.344 e. The van der Waals surface area contributed by atoms with Gasteiger partial charge in [-0.2, -0.15) is 0 Å². The first-order valence-corrected chi connectivity index (χ1v) is 7.56. The Morgan fingerprint density at radius 2 is 2.09 bits per heavy atom. The SMILES string of the molecule is Cc1noc(C)c1C(=O)OCC(=O)N1CCCc2ccccc21. The molecule has 0 radical (unpaired) electrons. The highest BCUT2D eigenvalue weighted by molar-refractivity contribution is 5.98. The van der Waals surface area contributed by atoms with Crippen LogP contribution in [-0.4, -0.2) is 30.2 Å². The summed E-state index contributed by atoms with van der Waals surface area (Å²) in [6.45, 7) is 3.64. The van der Waals surface area contributed by atoms with Gasteiger partial charge in [-0.25, -0.2) is 4.79 Å². The van der Waals surface area contributed by atoms with E-state index in [0.717, 1.165) is 24.1 Å². The Kier molecular flexibility index (Phi) is 4.14. The fourth-order valence-corrected chi connectivity index (χ4v) is 2.84. The van der Waals surface area contributed by atoms with E-state index in [1.807, 2.05) is 24.3 Å². The molecule has 0 saturated carbocycles. The van der Waals surface area contributed by atoms with Crippen LogP contribution in [-0.2, 0) is 16.0 Å². The molecular formula is C17H18N2O4. The zero-order valence-corrected chi connectivity index (χ0v) is 13.2. The summed E-state index contributed by atoms with van der Waals surface area (Å²) in [5, 5.41) is 3.71. The Morgan fingerprint density at radius 1 is 1.30 bits per heavy atom. The third kappa shape index (κ3) is 2.97. The largest absolute Gasteiger partial charge is 0.452 e. The van der Waals surface area contributed by atoms with Gasteiger partial charge in [0.25, 0.3) is 5.91 Å². The van der Waals surface area contributed by atoms with Crippen molar-refractivity contribution in [3.63, 3.8) is 0 Å². The molecular weight excluding hydrogens is 296 g/mol. The van der Waals surface area contributed by atoms with E-state index in [4.69, 9.17) is 9.26 Å². The minimum absolute atomic E-state index is 0.225. The van der Waals surface area contributed by atoms with Gasteiger partial charge in [-0.15, -0.1) is 0 Å². The number of carbonyl (C=O) groups excluding carboxylic acids is 2. The van der Waals surface area contributed by atoms with Gasteiger partial charge in [0.2, 0.25) is 0 Å². The first-order chi connectivity index (χ1) is 11.1. The number of amides is 1. The van der Waals surface area contributed by atoms with E-state index in [0.29, 0.717) is 18.0 Å². The van der Waals surface area contributed by atoms with Crippen molar-refractivity contribution in [2.45, 2.75) is 26.7 Å². The van der Waals surface area contributed by atoms with Crippen molar-refractivity contribution in [1.29, 1.82) is 0 Å². The molecule has 0 bridgehead atoms. The molecule has 0 spiro atoms. The first-order valence-electron chi connectivity index (χ1n) is 7.56. The van der Waals surface area contributed by atoms with Crippen molar-refractivity contribution in [2.24, 2.45) is 0 Å². The molecule has 0 atom stereocenters. The summed E-state index contributed by atoms with van der Waals surface area (Å²) in [4.78, 5) is 26.2. The second-order valence-corrected chi connectivity index (χ2v) is 5.55. The highest BCUT2D eigenvalue weighted by Crippen LogP contribution is 2.26. The van der Waals surface area contributed by atoms with Crippen LogP contribution in [0.5, 0.6) is 0 Å². The highest BCUT2D eigenvalue weighted by atomic mass is 16.5. The summed E-state index contributed by atoms with van der Waals surface area (Å²) in [5.41, 5.74) is 2.79. The monoisotopic (exact) mass is 314 g/mol. The minimum atomic E-state index is -0.583. The number of esters is 1. The molecule has 120 valence electrons. The number of fused-ring (bicyclic) bond motifs is 1. The average Bonchev–Trinajstić information content (AvgIpc) is 2.90. The van der Waals surface area contributed by atoms with Crippen LogP contribution in [0.15, 0.2) is 28.8 Å². The molecule has 0 saturated heterocycles. The lowest BCUT2D eigenvalue weighted by molar-refractivity contribution is -0.121. The van der Waals surface area contributed by atoms with Gasteiger partial charge in [0.15, 0.2) is 6.61 Å². The lowest BCUT2D eigenvalue weighted by Crippen LogP contribution is -2.38. The number of nitrogens with zero attached hydrogens (tertiary/aromatic N) is 2. The Bertz CT molecular complexity index is 731. The quantitative estimate of drug-likeness (QED) is 0.814.